The third-order valence-electron chi connectivity index (χ3n) is 3.69. The fourth-order valence-electron chi connectivity index (χ4n) is 2.26. The molecule has 0 spiro atoms. The highest BCUT2D eigenvalue weighted by Crippen LogP contribution is 2.14. The van der Waals surface area contributed by atoms with E-state index in [9.17, 15) is 0 Å². The number of thiophene rings is 1. The Bertz CT molecular complexity index is 789. The lowest BCUT2D eigenvalue weighted by molar-refractivity contribution is 0.812. The summed E-state index contributed by atoms with van der Waals surface area (Å²) in [5.74, 6) is 0.795. The number of nitrogens with one attached hydrogen (secondary N) is 2. The Morgan fingerprint density at radius 1 is 1.17 bits per heavy atom. The third-order valence-corrected chi connectivity index (χ3v) is 4.71. The minimum atomic E-state index is 0.709. The summed E-state index contributed by atoms with van der Waals surface area (Å²) in [6, 6.07) is 10.3. The zero-order valence-corrected chi connectivity index (χ0v) is 14.5. The van der Waals surface area contributed by atoms with Crippen molar-refractivity contribution in [1.29, 1.82) is 0 Å². The molecule has 7 heteroatoms. The summed E-state index contributed by atoms with van der Waals surface area (Å²) in [6.45, 7) is 3.62. The van der Waals surface area contributed by atoms with Gasteiger partial charge in [0.1, 0.15) is 12.7 Å². The summed E-state index contributed by atoms with van der Waals surface area (Å²) in [5, 5.41) is 12.9. The van der Waals surface area contributed by atoms with Crippen LogP contribution in [-0.4, -0.2) is 27.8 Å². The van der Waals surface area contributed by atoms with Gasteiger partial charge in [-0.2, -0.15) is 5.10 Å². The van der Waals surface area contributed by atoms with Crippen molar-refractivity contribution >= 4 is 17.3 Å². The average molecular weight is 340 g/mol. The number of hydrogen-bond donors (Lipinski definition) is 2. The van der Waals surface area contributed by atoms with Gasteiger partial charge in [0.2, 0.25) is 0 Å². The Morgan fingerprint density at radius 2 is 1.96 bits per heavy atom. The maximum Gasteiger partial charge on any atom is 0.191 e. The fourth-order valence-corrected chi connectivity index (χ4v) is 3.11. The van der Waals surface area contributed by atoms with E-state index in [4.69, 9.17) is 0 Å². The van der Waals surface area contributed by atoms with Crippen molar-refractivity contribution < 1.29 is 0 Å². The number of benzene rings is 1. The molecule has 0 aliphatic carbocycles. The molecule has 0 atom stereocenters. The number of hydrogen-bond acceptors (Lipinski definition) is 4. The lowest BCUT2D eigenvalue weighted by atomic mass is 10.2. The van der Waals surface area contributed by atoms with Crippen molar-refractivity contribution in [2.75, 3.05) is 7.05 Å². The third kappa shape index (κ3) is 3.99. The number of aliphatic imine (C=N–C) groups is 1. The summed E-state index contributed by atoms with van der Waals surface area (Å²) in [7, 11) is 1.78. The van der Waals surface area contributed by atoms with Crippen molar-refractivity contribution in [2.24, 2.45) is 4.99 Å². The van der Waals surface area contributed by atoms with E-state index in [1.54, 1.807) is 29.4 Å². The first kappa shape index (κ1) is 16.2. The molecule has 2 aromatic heterocycles. The van der Waals surface area contributed by atoms with Crippen LogP contribution in [0.1, 0.15) is 16.0 Å². The highest BCUT2D eigenvalue weighted by Gasteiger charge is 2.03. The molecule has 0 aliphatic rings. The van der Waals surface area contributed by atoms with Gasteiger partial charge in [-0.25, -0.2) is 9.67 Å². The number of rotatable bonds is 5. The van der Waals surface area contributed by atoms with Gasteiger partial charge in [-0.3, -0.25) is 4.99 Å². The van der Waals surface area contributed by atoms with Gasteiger partial charge in [0, 0.05) is 18.5 Å². The molecular formula is C17H20N6S. The first-order chi connectivity index (χ1) is 11.8. The molecule has 124 valence electrons. The summed E-state index contributed by atoms with van der Waals surface area (Å²) in [6.07, 6.45) is 3.21. The molecule has 6 nitrogen and oxygen atoms in total. The molecule has 3 aromatic rings. The van der Waals surface area contributed by atoms with Crippen LogP contribution >= 0.6 is 11.3 Å². The zero-order valence-electron chi connectivity index (χ0n) is 13.7. The molecule has 0 fully saturated rings. The number of guanidine groups is 1. The monoisotopic (exact) mass is 340 g/mol. The quantitative estimate of drug-likeness (QED) is 0.553. The van der Waals surface area contributed by atoms with Gasteiger partial charge < -0.3 is 10.6 Å². The molecule has 0 saturated heterocycles. The first-order valence-electron chi connectivity index (χ1n) is 7.67. The Hall–Kier alpha value is -2.67. The molecule has 0 saturated carbocycles. The summed E-state index contributed by atoms with van der Waals surface area (Å²) < 4.78 is 1.74. The van der Waals surface area contributed by atoms with E-state index >= 15 is 0 Å². The van der Waals surface area contributed by atoms with E-state index in [1.807, 2.05) is 12.1 Å². The fraction of sp³-hybridized carbons (Fsp3) is 0.235. The standard InChI is InChI=1S/C17H20N6S/c1-13-7-8-24-16(13)10-21-17(18-2)20-9-14-3-5-15(6-4-14)23-12-19-11-22-23/h3-8,11-12H,9-10H2,1-2H3,(H2,18,20,21). The molecule has 0 radical (unpaired) electrons. The van der Waals surface area contributed by atoms with Crippen LogP contribution in [0.2, 0.25) is 0 Å². The van der Waals surface area contributed by atoms with E-state index < -0.39 is 0 Å². The number of aromatic nitrogens is 3. The number of aryl methyl sites for hydroxylation is 1. The van der Waals surface area contributed by atoms with Crippen LogP contribution < -0.4 is 10.6 Å². The van der Waals surface area contributed by atoms with Crippen LogP contribution in [0.4, 0.5) is 0 Å². The van der Waals surface area contributed by atoms with E-state index in [2.05, 4.69) is 56.2 Å². The predicted octanol–water partition coefficient (Wildman–Crippen LogP) is 2.50. The first-order valence-corrected chi connectivity index (χ1v) is 8.55. The molecule has 0 bridgehead atoms. The molecule has 2 heterocycles. The highest BCUT2D eigenvalue weighted by atomic mass is 32.1. The maximum atomic E-state index is 4.27. The van der Waals surface area contributed by atoms with Gasteiger partial charge in [0.25, 0.3) is 0 Å². The Kier molecular flexibility index (Phi) is 5.22. The molecule has 0 unspecified atom stereocenters. The molecule has 0 aliphatic heterocycles. The molecule has 24 heavy (non-hydrogen) atoms. The largest absolute Gasteiger partial charge is 0.352 e. The second-order valence-corrected chi connectivity index (χ2v) is 6.31. The van der Waals surface area contributed by atoms with Crippen molar-refractivity contribution in [1.82, 2.24) is 25.4 Å². The van der Waals surface area contributed by atoms with Gasteiger partial charge in [0.15, 0.2) is 5.96 Å². The normalized spacial score (nSPS) is 11.5. The van der Waals surface area contributed by atoms with E-state index in [0.717, 1.165) is 18.2 Å². The van der Waals surface area contributed by atoms with E-state index in [-0.39, 0.29) is 0 Å². The van der Waals surface area contributed by atoms with Crippen molar-refractivity contribution in [3.8, 4) is 5.69 Å². The van der Waals surface area contributed by atoms with Gasteiger partial charge in [-0.1, -0.05) is 12.1 Å². The average Bonchev–Trinajstić information content (AvgIpc) is 3.28. The maximum absolute atomic E-state index is 4.27. The Balaban J connectivity index is 1.53. The second kappa shape index (κ2) is 7.74. The van der Waals surface area contributed by atoms with Crippen LogP contribution in [0.25, 0.3) is 5.69 Å². The summed E-state index contributed by atoms with van der Waals surface area (Å²) in [4.78, 5) is 9.55. The van der Waals surface area contributed by atoms with Crippen LogP contribution in [0.3, 0.4) is 0 Å². The highest BCUT2D eigenvalue weighted by molar-refractivity contribution is 7.10. The predicted molar refractivity (Wildman–Crippen MR) is 97.5 cm³/mol. The lowest BCUT2D eigenvalue weighted by Gasteiger charge is -2.12. The van der Waals surface area contributed by atoms with Gasteiger partial charge in [0.05, 0.1) is 12.2 Å². The van der Waals surface area contributed by atoms with Crippen molar-refractivity contribution in [2.45, 2.75) is 20.0 Å². The molecule has 1 aromatic carbocycles. The molecule has 2 N–H and O–H groups in total. The smallest absolute Gasteiger partial charge is 0.191 e. The van der Waals surface area contributed by atoms with E-state index in [0.29, 0.717) is 6.54 Å². The molecular weight excluding hydrogens is 320 g/mol. The SMILES string of the molecule is CN=C(NCc1ccc(-n2cncn2)cc1)NCc1sccc1C. The van der Waals surface area contributed by atoms with Crippen LogP contribution in [0.15, 0.2) is 53.4 Å². The Labute approximate surface area is 145 Å². The molecule has 3 rings (SSSR count). The van der Waals surface area contributed by atoms with Crippen LogP contribution in [0.5, 0.6) is 0 Å². The summed E-state index contributed by atoms with van der Waals surface area (Å²) in [5.41, 5.74) is 3.48. The number of nitrogens with zero attached hydrogens (tertiary/aromatic N) is 4. The second-order valence-electron chi connectivity index (χ2n) is 5.31. The summed E-state index contributed by atoms with van der Waals surface area (Å²) >= 11 is 1.76. The van der Waals surface area contributed by atoms with Crippen molar-refractivity contribution in [3.05, 3.63) is 64.4 Å². The molecule has 0 amide bonds. The minimum absolute atomic E-state index is 0.709. The van der Waals surface area contributed by atoms with Crippen LogP contribution in [0, 0.1) is 6.92 Å². The lowest BCUT2D eigenvalue weighted by Crippen LogP contribution is -2.36. The van der Waals surface area contributed by atoms with Gasteiger partial charge in [-0.05, 0) is 41.6 Å². The van der Waals surface area contributed by atoms with Crippen molar-refractivity contribution in [3.63, 3.8) is 0 Å². The Morgan fingerprint density at radius 3 is 2.58 bits per heavy atom. The van der Waals surface area contributed by atoms with Gasteiger partial charge in [-0.15, -0.1) is 11.3 Å². The van der Waals surface area contributed by atoms with E-state index in [1.165, 1.54) is 22.3 Å². The van der Waals surface area contributed by atoms with Crippen LogP contribution in [-0.2, 0) is 13.1 Å². The topological polar surface area (TPSA) is 67.1 Å². The minimum Gasteiger partial charge on any atom is -0.352 e. The zero-order chi connectivity index (χ0) is 16.8. The van der Waals surface area contributed by atoms with Gasteiger partial charge >= 0.3 is 0 Å².